The number of carbonyl (C=O) groups excluding carboxylic acids is 5. The molecule has 4 aliphatic rings. The molecular formula is C77H66ClN7O8S. The molecule has 5 heterocycles. The van der Waals surface area contributed by atoms with Gasteiger partial charge in [-0.2, -0.15) is 0 Å². The van der Waals surface area contributed by atoms with E-state index >= 15 is 14.4 Å². The average molecular weight is 1280 g/mol. The van der Waals surface area contributed by atoms with Crippen LogP contribution in [0.1, 0.15) is 82.0 Å². The lowest BCUT2D eigenvalue weighted by atomic mass is 9.77. The molecule has 0 spiro atoms. The second kappa shape index (κ2) is 27.6. The van der Waals surface area contributed by atoms with Gasteiger partial charge in [-0.3, -0.25) is 19.3 Å². The van der Waals surface area contributed by atoms with Gasteiger partial charge in [0.25, 0.3) is 11.8 Å². The number of benzene rings is 8. The number of fused-ring (bicyclic) bond motifs is 1. The lowest BCUT2D eigenvalue weighted by Gasteiger charge is -2.50. The van der Waals surface area contributed by atoms with Crippen molar-refractivity contribution in [2.75, 3.05) is 31.6 Å². The fourth-order valence-electron chi connectivity index (χ4n) is 13.3. The molecule has 0 bridgehead atoms. The number of nitrogens with zero attached hydrogens (tertiary/aromatic N) is 5. The number of thiazole rings is 1. The summed E-state index contributed by atoms with van der Waals surface area (Å²) >= 11 is 8.57. The second-order valence-electron chi connectivity index (χ2n) is 23.3. The molecule has 9 aromatic rings. The third kappa shape index (κ3) is 12.2. The molecule has 1 aromatic heterocycles. The molecule has 2 N–H and O–H groups in total. The highest BCUT2D eigenvalue weighted by Gasteiger charge is 2.55. The maximum atomic E-state index is 15.9. The van der Waals surface area contributed by atoms with Crippen molar-refractivity contribution in [1.29, 1.82) is 0 Å². The quantitative estimate of drug-likeness (QED) is 0.0134. The van der Waals surface area contributed by atoms with Crippen LogP contribution >= 0.6 is 22.9 Å². The predicted octanol–water partition coefficient (Wildman–Crippen LogP) is 13.5. The number of carbonyl (C=O) groups is 5. The first-order valence-electron chi connectivity index (χ1n) is 31.3. The Hall–Kier alpha value is -10.7. The summed E-state index contributed by atoms with van der Waals surface area (Å²) in [6, 6.07) is 75.3. The van der Waals surface area contributed by atoms with Crippen LogP contribution in [-0.4, -0.2) is 99.5 Å². The fraction of sp³-hybridized carbons (Fsp3) is 0.182. The number of anilines is 1. The van der Waals surface area contributed by atoms with Crippen molar-refractivity contribution in [2.24, 2.45) is 5.16 Å². The number of aromatic nitrogens is 1. The number of hydrogen-bond acceptors (Lipinski definition) is 12. The number of likely N-dealkylation sites (tertiary alicyclic amines) is 2. The number of rotatable bonds is 21. The number of ether oxygens (including phenoxy) is 2. The van der Waals surface area contributed by atoms with E-state index in [2.05, 4.69) is 17.2 Å². The van der Waals surface area contributed by atoms with E-state index in [1.807, 2.05) is 243 Å². The number of β-lactam (4-membered cyclic amide) rings is 1. The second-order valence-corrected chi connectivity index (χ2v) is 24.9. The van der Waals surface area contributed by atoms with Crippen LogP contribution in [0.4, 0.5) is 9.93 Å². The SMILES string of the molecule is C=CCOC(=O)N1CC[C@@H](N2CC/C(=C\C3=C(C(=O)OC(c4ccccc4)c4ccccc4)N4C(=O)[C@@H](NC(=O)/C(=N\OC(c5ccccc5)(c5ccccc5)c5ccccc5)c5nc(NC(c6ccccc6)(c6ccccc6)c6ccccc6)sc5Cl)[C@H]4CC3)C2=O)C1. The van der Waals surface area contributed by atoms with Crippen molar-refractivity contribution in [3.8, 4) is 0 Å². The Labute approximate surface area is 554 Å². The standard InChI is InChI=1S/C77H66ClN7O8S/c1-2-49-91-75(90)83-47-46-62(51-83)84-48-45-55(71(84)87)50-54-43-44-63-64(72(88)85(63)67(54)73(89)92-68(52-27-11-3-12-28-52)53-29-13-4-14-30-53)79-70(86)66(82-93-77(59-37-21-8-22-38-59,60-39-23-9-24-40-60)61-41-25-10-26-42-61)65-69(78)94-74(80-65)81-76(56-31-15-5-16-32-56,57-33-17-6-18-34-57)58-35-19-7-20-36-58/h2-42,50,62-64,68H,1,43-49,51H2,(H,79,86)(H,80,81)/b55-50+,82-66-/t62-,63-,64+/m1/s1. The molecule has 3 saturated heterocycles. The van der Waals surface area contributed by atoms with Crippen molar-refractivity contribution >= 4 is 63.6 Å². The lowest BCUT2D eigenvalue weighted by Crippen LogP contribution is -2.72. The van der Waals surface area contributed by atoms with Crippen LogP contribution in [0.25, 0.3) is 0 Å². The molecule has 0 radical (unpaired) electrons. The summed E-state index contributed by atoms with van der Waals surface area (Å²) in [6.07, 6.45) is 3.31. The molecule has 4 aliphatic heterocycles. The van der Waals surface area contributed by atoms with Gasteiger partial charge in [-0.05, 0) is 65.1 Å². The van der Waals surface area contributed by atoms with Crippen molar-refractivity contribution in [1.82, 2.24) is 25.0 Å². The number of allylic oxidation sites excluding steroid dienone is 2. The first-order valence-corrected chi connectivity index (χ1v) is 32.5. The molecule has 470 valence electrons. The molecule has 13 rings (SSSR count). The van der Waals surface area contributed by atoms with Gasteiger partial charge in [0.2, 0.25) is 11.5 Å². The fourth-order valence-corrected chi connectivity index (χ4v) is 14.4. The Kier molecular flexibility index (Phi) is 18.3. The van der Waals surface area contributed by atoms with Gasteiger partial charge in [0.15, 0.2) is 16.9 Å². The summed E-state index contributed by atoms with van der Waals surface area (Å²) in [7, 11) is 0. The van der Waals surface area contributed by atoms with E-state index in [1.54, 1.807) is 15.9 Å². The third-order valence-corrected chi connectivity index (χ3v) is 19.0. The number of halogens is 1. The van der Waals surface area contributed by atoms with Gasteiger partial charge in [-0.1, -0.05) is 283 Å². The van der Waals surface area contributed by atoms with E-state index in [1.165, 1.54) is 11.0 Å². The van der Waals surface area contributed by atoms with E-state index in [0.29, 0.717) is 76.6 Å². The maximum absolute atomic E-state index is 15.9. The van der Waals surface area contributed by atoms with Crippen molar-refractivity contribution in [3.63, 3.8) is 0 Å². The van der Waals surface area contributed by atoms with Crippen LogP contribution in [0, 0.1) is 0 Å². The van der Waals surface area contributed by atoms with Crippen LogP contribution < -0.4 is 10.6 Å². The Morgan fingerprint density at radius 1 is 0.660 bits per heavy atom. The summed E-state index contributed by atoms with van der Waals surface area (Å²) in [5.41, 5.74) is 4.19. The van der Waals surface area contributed by atoms with Crippen LogP contribution in [-0.2, 0) is 44.6 Å². The van der Waals surface area contributed by atoms with E-state index < -0.39 is 53.2 Å². The monoisotopic (exact) mass is 1280 g/mol. The van der Waals surface area contributed by atoms with Crippen LogP contribution in [0.5, 0.6) is 0 Å². The Morgan fingerprint density at radius 3 is 1.65 bits per heavy atom. The maximum Gasteiger partial charge on any atom is 0.410 e. The molecule has 3 atom stereocenters. The van der Waals surface area contributed by atoms with Gasteiger partial charge in [0, 0.05) is 41.9 Å². The normalized spacial score (nSPS) is 17.8. The van der Waals surface area contributed by atoms with E-state index in [0.717, 1.165) is 28.0 Å². The smallest absolute Gasteiger partial charge is 0.410 e. The molecule has 17 heteroatoms. The van der Waals surface area contributed by atoms with E-state index in [9.17, 15) is 9.59 Å². The molecule has 0 aliphatic carbocycles. The number of nitrogens with one attached hydrogen (secondary N) is 2. The highest BCUT2D eigenvalue weighted by Crippen LogP contribution is 2.45. The first kappa shape index (κ1) is 62.1. The average Bonchev–Trinajstić information content (AvgIpc) is 1.87. The zero-order valence-electron chi connectivity index (χ0n) is 51.2. The summed E-state index contributed by atoms with van der Waals surface area (Å²) < 4.78 is 11.9. The number of oxime groups is 1. The Morgan fingerprint density at radius 2 is 1.15 bits per heavy atom. The van der Waals surface area contributed by atoms with Crippen LogP contribution in [0.3, 0.4) is 0 Å². The molecule has 0 unspecified atom stereocenters. The van der Waals surface area contributed by atoms with Gasteiger partial charge in [0.1, 0.15) is 33.9 Å². The van der Waals surface area contributed by atoms with Gasteiger partial charge >= 0.3 is 12.1 Å². The summed E-state index contributed by atoms with van der Waals surface area (Å²) in [5, 5.41) is 12.1. The minimum Gasteiger partial charge on any atom is -0.448 e. The number of esters is 1. The molecule has 15 nitrogen and oxygen atoms in total. The highest BCUT2D eigenvalue weighted by molar-refractivity contribution is 7.20. The first-order chi connectivity index (χ1) is 46.0. The highest BCUT2D eigenvalue weighted by atomic mass is 35.5. The molecule has 0 saturated carbocycles. The zero-order valence-corrected chi connectivity index (χ0v) is 52.8. The molecule has 94 heavy (non-hydrogen) atoms. The van der Waals surface area contributed by atoms with Crippen LogP contribution in [0.15, 0.2) is 283 Å². The summed E-state index contributed by atoms with van der Waals surface area (Å²) in [6.45, 7) is 4.84. The minimum absolute atomic E-state index is 0.0238. The van der Waals surface area contributed by atoms with Gasteiger partial charge < -0.3 is 34.7 Å². The summed E-state index contributed by atoms with van der Waals surface area (Å²) in [4.78, 5) is 90.8. The topological polar surface area (TPSA) is 172 Å². The van der Waals surface area contributed by atoms with Crippen molar-refractivity contribution in [3.05, 3.63) is 333 Å². The van der Waals surface area contributed by atoms with Gasteiger partial charge in [0.05, 0.1) is 12.1 Å². The molecule has 4 amide bonds. The molecule has 8 aromatic carbocycles. The van der Waals surface area contributed by atoms with E-state index in [4.69, 9.17) is 36.1 Å². The van der Waals surface area contributed by atoms with Gasteiger partial charge in [-0.25, -0.2) is 14.6 Å². The lowest BCUT2D eigenvalue weighted by molar-refractivity contribution is -0.158. The zero-order chi connectivity index (χ0) is 64.6. The van der Waals surface area contributed by atoms with E-state index in [-0.39, 0.29) is 52.8 Å². The largest absolute Gasteiger partial charge is 0.448 e. The Bertz CT molecular complexity index is 4080. The predicted molar refractivity (Wildman–Crippen MR) is 362 cm³/mol. The Balaban J connectivity index is 0.886. The van der Waals surface area contributed by atoms with Crippen LogP contribution in [0.2, 0.25) is 4.34 Å². The third-order valence-electron chi connectivity index (χ3n) is 17.8. The number of hydrogen-bond donors (Lipinski definition) is 2. The molecular weight excluding hydrogens is 1220 g/mol. The van der Waals surface area contributed by atoms with Crippen molar-refractivity contribution in [2.45, 2.75) is 61.1 Å². The number of amides is 4. The van der Waals surface area contributed by atoms with Crippen molar-refractivity contribution < 1.29 is 38.3 Å². The molecule has 3 fully saturated rings. The van der Waals surface area contributed by atoms with Gasteiger partial charge in [-0.15, -0.1) is 0 Å². The minimum atomic E-state index is -1.47. The summed E-state index contributed by atoms with van der Waals surface area (Å²) in [5.74, 6) is -2.44.